The zero-order valence-electron chi connectivity index (χ0n) is 11.6. The fraction of sp³-hybridized carbons (Fsp3) is 0.857. The van der Waals surface area contributed by atoms with Crippen molar-refractivity contribution >= 4 is 0 Å². The topological polar surface area (TPSA) is 72.3 Å². The molecule has 4 heteroatoms. The van der Waals surface area contributed by atoms with Crippen LogP contribution in [0.25, 0.3) is 0 Å². The fourth-order valence-corrected chi connectivity index (χ4v) is 1.68. The van der Waals surface area contributed by atoms with Gasteiger partial charge in [-0.15, -0.1) is 0 Å². The van der Waals surface area contributed by atoms with E-state index in [-0.39, 0.29) is 11.8 Å². The molecule has 0 fully saturated rings. The molecule has 0 aromatic rings. The summed E-state index contributed by atoms with van der Waals surface area (Å²) in [5.41, 5.74) is 0. The Bertz CT molecular complexity index is 268. The van der Waals surface area contributed by atoms with Gasteiger partial charge in [0.2, 0.25) is 0 Å². The van der Waals surface area contributed by atoms with Crippen LogP contribution in [0.2, 0.25) is 0 Å². The Labute approximate surface area is 111 Å². The standard InChI is InChI=1S/C14H24N4/c1-3-13(11-15)7-5-9-17-18-10-6-8-14(4-2)12-16/h13-14H,3-10H2,1-2H3. The van der Waals surface area contributed by atoms with Crippen LogP contribution in [0.1, 0.15) is 52.4 Å². The van der Waals surface area contributed by atoms with Gasteiger partial charge in [0, 0.05) is 11.8 Å². The maximum atomic E-state index is 8.77. The van der Waals surface area contributed by atoms with Crippen LogP contribution in [-0.4, -0.2) is 13.1 Å². The predicted octanol–water partition coefficient (Wildman–Crippen LogP) is 4.10. The summed E-state index contributed by atoms with van der Waals surface area (Å²) in [5.74, 6) is 0.335. The van der Waals surface area contributed by atoms with Gasteiger partial charge in [0.1, 0.15) is 0 Å². The molecule has 0 rings (SSSR count). The molecular weight excluding hydrogens is 224 g/mol. The van der Waals surface area contributed by atoms with Crippen molar-refractivity contribution in [1.29, 1.82) is 10.5 Å². The molecule has 0 N–H and O–H groups in total. The molecule has 0 bridgehead atoms. The molecule has 0 saturated heterocycles. The highest BCUT2D eigenvalue weighted by Gasteiger charge is 2.03. The molecule has 2 atom stereocenters. The molecule has 0 heterocycles. The van der Waals surface area contributed by atoms with Gasteiger partial charge in [0.25, 0.3) is 0 Å². The van der Waals surface area contributed by atoms with Gasteiger partial charge in [0.05, 0.1) is 25.2 Å². The summed E-state index contributed by atoms with van der Waals surface area (Å²) in [6.45, 7) is 5.50. The maximum absolute atomic E-state index is 8.77. The van der Waals surface area contributed by atoms with E-state index < -0.39 is 0 Å². The van der Waals surface area contributed by atoms with Crippen LogP contribution in [0.4, 0.5) is 0 Å². The molecule has 0 aliphatic heterocycles. The summed E-state index contributed by atoms with van der Waals surface area (Å²) in [7, 11) is 0. The first kappa shape index (κ1) is 16.6. The molecule has 18 heavy (non-hydrogen) atoms. The van der Waals surface area contributed by atoms with Gasteiger partial charge in [-0.3, -0.25) is 0 Å². The van der Waals surface area contributed by atoms with E-state index in [2.05, 4.69) is 22.4 Å². The average Bonchev–Trinajstić information content (AvgIpc) is 2.41. The smallest absolute Gasteiger partial charge is 0.0655 e. The Morgan fingerprint density at radius 3 is 1.50 bits per heavy atom. The van der Waals surface area contributed by atoms with Gasteiger partial charge in [-0.1, -0.05) is 13.8 Å². The second-order valence-electron chi connectivity index (χ2n) is 4.48. The first-order chi connectivity index (χ1) is 8.78. The number of nitrogens with zero attached hydrogens (tertiary/aromatic N) is 4. The lowest BCUT2D eigenvalue weighted by molar-refractivity contribution is 0.544. The van der Waals surface area contributed by atoms with E-state index in [0.29, 0.717) is 13.1 Å². The highest BCUT2D eigenvalue weighted by Crippen LogP contribution is 2.10. The molecule has 0 aliphatic rings. The molecule has 100 valence electrons. The van der Waals surface area contributed by atoms with Crippen molar-refractivity contribution < 1.29 is 0 Å². The average molecular weight is 248 g/mol. The molecule has 0 aromatic heterocycles. The Balaban J connectivity index is 3.45. The second-order valence-corrected chi connectivity index (χ2v) is 4.48. The van der Waals surface area contributed by atoms with Crippen LogP contribution in [-0.2, 0) is 0 Å². The largest absolute Gasteiger partial charge is 0.198 e. The van der Waals surface area contributed by atoms with Gasteiger partial charge in [-0.25, -0.2) is 0 Å². The van der Waals surface area contributed by atoms with E-state index in [9.17, 15) is 0 Å². The highest BCUT2D eigenvalue weighted by atomic mass is 15.1. The van der Waals surface area contributed by atoms with E-state index >= 15 is 0 Å². The summed E-state index contributed by atoms with van der Waals surface area (Å²) >= 11 is 0. The van der Waals surface area contributed by atoms with Crippen molar-refractivity contribution in [1.82, 2.24) is 0 Å². The molecule has 0 radical (unpaired) electrons. The van der Waals surface area contributed by atoms with E-state index in [1.54, 1.807) is 0 Å². The minimum Gasteiger partial charge on any atom is -0.198 e. The van der Waals surface area contributed by atoms with E-state index in [0.717, 1.165) is 38.5 Å². The van der Waals surface area contributed by atoms with Crippen LogP contribution in [0, 0.1) is 34.5 Å². The molecule has 0 spiro atoms. The van der Waals surface area contributed by atoms with Crippen molar-refractivity contribution in [2.45, 2.75) is 52.4 Å². The first-order valence-electron chi connectivity index (χ1n) is 6.90. The lowest BCUT2D eigenvalue weighted by Gasteiger charge is -2.03. The lowest BCUT2D eigenvalue weighted by atomic mass is 10.0. The molecular formula is C14H24N4. The number of nitriles is 2. The van der Waals surface area contributed by atoms with Gasteiger partial charge in [-0.05, 0) is 38.5 Å². The fourth-order valence-electron chi connectivity index (χ4n) is 1.68. The van der Waals surface area contributed by atoms with Crippen molar-refractivity contribution in [2.75, 3.05) is 13.1 Å². The number of azo groups is 1. The third-order valence-electron chi connectivity index (χ3n) is 3.07. The Morgan fingerprint density at radius 1 is 0.833 bits per heavy atom. The number of rotatable bonds is 10. The summed E-state index contributed by atoms with van der Waals surface area (Å²) in [4.78, 5) is 0. The minimum atomic E-state index is 0.168. The Morgan fingerprint density at radius 2 is 1.22 bits per heavy atom. The Hall–Kier alpha value is -1.42. The first-order valence-corrected chi connectivity index (χ1v) is 6.90. The highest BCUT2D eigenvalue weighted by molar-refractivity contribution is 4.81. The quantitative estimate of drug-likeness (QED) is 0.431. The maximum Gasteiger partial charge on any atom is 0.0655 e. The van der Waals surface area contributed by atoms with E-state index in [1.165, 1.54) is 0 Å². The van der Waals surface area contributed by atoms with Gasteiger partial charge in [0.15, 0.2) is 0 Å². The zero-order valence-corrected chi connectivity index (χ0v) is 11.6. The predicted molar refractivity (Wildman–Crippen MR) is 71.8 cm³/mol. The third-order valence-corrected chi connectivity index (χ3v) is 3.07. The molecule has 0 saturated carbocycles. The van der Waals surface area contributed by atoms with E-state index in [4.69, 9.17) is 10.5 Å². The summed E-state index contributed by atoms with van der Waals surface area (Å²) in [6, 6.07) is 4.57. The van der Waals surface area contributed by atoms with Crippen molar-refractivity contribution in [3.8, 4) is 12.1 Å². The summed E-state index contributed by atoms with van der Waals surface area (Å²) < 4.78 is 0. The number of hydrogen-bond donors (Lipinski definition) is 0. The van der Waals surface area contributed by atoms with Crippen LogP contribution < -0.4 is 0 Å². The SMILES string of the molecule is CCC(C#N)CCCN=NCCCC(C#N)CC. The van der Waals surface area contributed by atoms with Crippen molar-refractivity contribution in [2.24, 2.45) is 22.1 Å². The number of hydrogen-bond acceptors (Lipinski definition) is 4. The molecule has 0 aromatic carbocycles. The van der Waals surface area contributed by atoms with Gasteiger partial charge in [-0.2, -0.15) is 20.8 Å². The molecule has 2 unspecified atom stereocenters. The van der Waals surface area contributed by atoms with Gasteiger partial charge < -0.3 is 0 Å². The molecule has 4 nitrogen and oxygen atoms in total. The van der Waals surface area contributed by atoms with Crippen molar-refractivity contribution in [3.05, 3.63) is 0 Å². The summed E-state index contributed by atoms with van der Waals surface area (Å²) in [5, 5.41) is 25.7. The van der Waals surface area contributed by atoms with Crippen LogP contribution in [0.5, 0.6) is 0 Å². The lowest BCUT2D eigenvalue weighted by Crippen LogP contribution is -1.96. The van der Waals surface area contributed by atoms with Crippen LogP contribution >= 0.6 is 0 Å². The monoisotopic (exact) mass is 248 g/mol. The normalized spacial score (nSPS) is 14.0. The molecule has 0 aliphatic carbocycles. The minimum absolute atomic E-state index is 0.168. The summed E-state index contributed by atoms with van der Waals surface area (Å²) in [6.07, 6.45) is 5.54. The third kappa shape index (κ3) is 8.70. The van der Waals surface area contributed by atoms with Crippen molar-refractivity contribution in [3.63, 3.8) is 0 Å². The van der Waals surface area contributed by atoms with Crippen LogP contribution in [0.15, 0.2) is 10.2 Å². The Kier molecular flexibility index (Phi) is 11.1. The van der Waals surface area contributed by atoms with E-state index in [1.807, 2.05) is 13.8 Å². The second kappa shape index (κ2) is 12.0. The van der Waals surface area contributed by atoms with Gasteiger partial charge >= 0.3 is 0 Å². The van der Waals surface area contributed by atoms with Crippen LogP contribution in [0.3, 0.4) is 0 Å². The molecule has 0 amide bonds. The zero-order chi connectivity index (χ0) is 13.6.